The van der Waals surface area contributed by atoms with E-state index in [-0.39, 0.29) is 0 Å². The van der Waals surface area contributed by atoms with Crippen LogP contribution in [-0.2, 0) is 13.0 Å². The molecule has 3 rings (SSSR count). The molecule has 3 nitrogen and oxygen atoms in total. The predicted octanol–water partition coefficient (Wildman–Crippen LogP) is 3.28. The number of ether oxygens (including phenoxy) is 1. The van der Waals surface area contributed by atoms with Gasteiger partial charge in [-0.1, -0.05) is 12.1 Å². The van der Waals surface area contributed by atoms with Gasteiger partial charge in [-0.2, -0.15) is 0 Å². The summed E-state index contributed by atoms with van der Waals surface area (Å²) < 4.78 is 7.76. The zero-order chi connectivity index (χ0) is 13.1. The topological polar surface area (TPSA) is 27.1 Å². The molecule has 0 radical (unpaired) electrons. The molecule has 1 aromatic carbocycles. The van der Waals surface area contributed by atoms with E-state index in [9.17, 15) is 0 Å². The van der Waals surface area contributed by atoms with Gasteiger partial charge in [-0.3, -0.25) is 0 Å². The largest absolute Gasteiger partial charge is 0.494 e. The van der Waals surface area contributed by atoms with E-state index in [4.69, 9.17) is 4.74 Å². The van der Waals surface area contributed by atoms with E-state index in [1.807, 2.05) is 25.3 Å². The Morgan fingerprint density at radius 1 is 1.26 bits per heavy atom. The molecule has 1 aliphatic carbocycles. The van der Waals surface area contributed by atoms with Crippen molar-refractivity contribution < 1.29 is 4.74 Å². The lowest BCUT2D eigenvalue weighted by Crippen LogP contribution is -2.05. The van der Waals surface area contributed by atoms with Crippen molar-refractivity contribution in [2.45, 2.75) is 32.7 Å². The summed E-state index contributed by atoms with van der Waals surface area (Å²) in [4.78, 5) is 4.48. The van der Waals surface area contributed by atoms with Crippen LogP contribution in [0.25, 0.3) is 0 Å². The van der Waals surface area contributed by atoms with Crippen molar-refractivity contribution in [1.29, 1.82) is 0 Å². The monoisotopic (exact) mass is 256 g/mol. The molecule has 3 heteroatoms. The summed E-state index contributed by atoms with van der Waals surface area (Å²) in [6.07, 6.45) is 7.65. The van der Waals surface area contributed by atoms with E-state index in [0.29, 0.717) is 6.61 Å². The van der Waals surface area contributed by atoms with Gasteiger partial charge in [0, 0.05) is 25.4 Å². The zero-order valence-electron chi connectivity index (χ0n) is 11.4. The van der Waals surface area contributed by atoms with Gasteiger partial charge < -0.3 is 9.30 Å². The minimum atomic E-state index is 0.713. The summed E-state index contributed by atoms with van der Waals surface area (Å²) in [5, 5.41) is 0. The quantitative estimate of drug-likeness (QED) is 0.793. The van der Waals surface area contributed by atoms with Crippen LogP contribution in [0.3, 0.4) is 0 Å². The Morgan fingerprint density at radius 2 is 2.05 bits per heavy atom. The maximum Gasteiger partial charge on any atom is 0.119 e. The zero-order valence-corrected chi connectivity index (χ0v) is 11.4. The van der Waals surface area contributed by atoms with Crippen LogP contribution in [0.4, 0.5) is 0 Å². The van der Waals surface area contributed by atoms with E-state index in [1.54, 1.807) is 0 Å². The maximum atomic E-state index is 5.46. The fourth-order valence-corrected chi connectivity index (χ4v) is 2.30. The van der Waals surface area contributed by atoms with Crippen LogP contribution >= 0.6 is 0 Å². The summed E-state index contributed by atoms with van der Waals surface area (Å²) >= 11 is 0. The molecule has 2 aromatic rings. The number of aromatic nitrogens is 2. The molecule has 0 aliphatic heterocycles. The number of rotatable bonds is 6. The normalized spacial score (nSPS) is 14.6. The summed E-state index contributed by atoms with van der Waals surface area (Å²) in [6.45, 7) is 3.85. The standard InChI is InChI=1S/C16H20N2O/c1-2-19-15-7-5-13(6-8-15)11-16-17-9-10-18(16)12-14-3-4-14/h5-10,14H,2-4,11-12H2,1H3. The summed E-state index contributed by atoms with van der Waals surface area (Å²) in [6, 6.07) is 8.32. The summed E-state index contributed by atoms with van der Waals surface area (Å²) in [5.41, 5.74) is 1.28. The van der Waals surface area contributed by atoms with Gasteiger partial charge in [-0.15, -0.1) is 0 Å². The molecule has 0 spiro atoms. The van der Waals surface area contributed by atoms with Crippen LogP contribution in [0.5, 0.6) is 5.75 Å². The van der Waals surface area contributed by atoms with Crippen LogP contribution in [-0.4, -0.2) is 16.2 Å². The van der Waals surface area contributed by atoms with Crippen molar-refractivity contribution in [3.8, 4) is 5.75 Å². The van der Waals surface area contributed by atoms with Crippen LogP contribution in [0.15, 0.2) is 36.7 Å². The minimum absolute atomic E-state index is 0.713. The van der Waals surface area contributed by atoms with E-state index < -0.39 is 0 Å². The first kappa shape index (κ1) is 12.3. The highest BCUT2D eigenvalue weighted by Gasteiger charge is 2.22. The molecule has 0 amide bonds. The molecule has 0 saturated heterocycles. The molecule has 19 heavy (non-hydrogen) atoms. The SMILES string of the molecule is CCOc1ccc(Cc2nccn2CC2CC2)cc1. The van der Waals surface area contributed by atoms with Gasteiger partial charge in [0.1, 0.15) is 11.6 Å². The first-order valence-corrected chi connectivity index (χ1v) is 7.07. The average molecular weight is 256 g/mol. The molecule has 0 atom stereocenters. The Kier molecular flexibility index (Phi) is 3.53. The Morgan fingerprint density at radius 3 is 2.74 bits per heavy atom. The third-order valence-corrected chi connectivity index (χ3v) is 3.55. The number of benzene rings is 1. The highest BCUT2D eigenvalue weighted by Crippen LogP contribution is 2.31. The van der Waals surface area contributed by atoms with Crippen molar-refractivity contribution in [3.05, 3.63) is 48.0 Å². The van der Waals surface area contributed by atoms with Crippen LogP contribution in [0.2, 0.25) is 0 Å². The third kappa shape index (κ3) is 3.16. The highest BCUT2D eigenvalue weighted by atomic mass is 16.5. The highest BCUT2D eigenvalue weighted by molar-refractivity contribution is 5.29. The van der Waals surface area contributed by atoms with Gasteiger partial charge in [0.15, 0.2) is 0 Å². The second kappa shape index (κ2) is 5.47. The molecule has 100 valence electrons. The van der Waals surface area contributed by atoms with Gasteiger partial charge >= 0.3 is 0 Å². The van der Waals surface area contributed by atoms with E-state index in [1.165, 1.54) is 18.4 Å². The van der Waals surface area contributed by atoms with Crippen LogP contribution in [0.1, 0.15) is 31.2 Å². The average Bonchev–Trinajstić information content (AvgIpc) is 3.13. The van der Waals surface area contributed by atoms with Gasteiger partial charge in [0.05, 0.1) is 6.61 Å². The molecule has 0 N–H and O–H groups in total. The Balaban J connectivity index is 1.68. The molecule has 1 aromatic heterocycles. The number of nitrogens with zero attached hydrogens (tertiary/aromatic N) is 2. The smallest absolute Gasteiger partial charge is 0.119 e. The lowest BCUT2D eigenvalue weighted by Gasteiger charge is -2.08. The number of hydrogen-bond acceptors (Lipinski definition) is 2. The molecule has 0 unspecified atom stereocenters. The fraction of sp³-hybridized carbons (Fsp3) is 0.438. The first-order chi connectivity index (χ1) is 9.35. The minimum Gasteiger partial charge on any atom is -0.494 e. The number of hydrogen-bond donors (Lipinski definition) is 0. The van der Waals surface area contributed by atoms with E-state index >= 15 is 0 Å². The fourth-order valence-electron chi connectivity index (χ4n) is 2.30. The Hall–Kier alpha value is -1.77. The molecule has 1 fully saturated rings. The maximum absolute atomic E-state index is 5.46. The predicted molar refractivity (Wildman–Crippen MR) is 75.4 cm³/mol. The van der Waals surface area contributed by atoms with Crippen molar-refractivity contribution in [3.63, 3.8) is 0 Å². The van der Waals surface area contributed by atoms with Gasteiger partial charge in [0.25, 0.3) is 0 Å². The van der Waals surface area contributed by atoms with Crippen molar-refractivity contribution in [1.82, 2.24) is 9.55 Å². The molecular weight excluding hydrogens is 236 g/mol. The van der Waals surface area contributed by atoms with Gasteiger partial charge in [-0.25, -0.2) is 4.98 Å². The van der Waals surface area contributed by atoms with Crippen LogP contribution < -0.4 is 4.74 Å². The molecule has 1 saturated carbocycles. The lowest BCUT2D eigenvalue weighted by atomic mass is 10.1. The lowest BCUT2D eigenvalue weighted by molar-refractivity contribution is 0.340. The second-order valence-electron chi connectivity index (χ2n) is 5.19. The van der Waals surface area contributed by atoms with Crippen molar-refractivity contribution in [2.75, 3.05) is 6.61 Å². The van der Waals surface area contributed by atoms with Crippen molar-refractivity contribution in [2.24, 2.45) is 5.92 Å². The van der Waals surface area contributed by atoms with E-state index in [2.05, 4.69) is 27.9 Å². The Labute approximate surface area is 114 Å². The van der Waals surface area contributed by atoms with Crippen LogP contribution in [0, 0.1) is 5.92 Å². The van der Waals surface area contributed by atoms with E-state index in [0.717, 1.165) is 30.5 Å². The number of imidazole rings is 1. The van der Waals surface area contributed by atoms with Gasteiger partial charge in [-0.05, 0) is 43.4 Å². The summed E-state index contributed by atoms with van der Waals surface area (Å²) in [5.74, 6) is 2.98. The molecular formula is C16H20N2O. The van der Waals surface area contributed by atoms with Gasteiger partial charge in [0.2, 0.25) is 0 Å². The molecule has 0 bridgehead atoms. The Bertz CT molecular complexity index is 526. The third-order valence-electron chi connectivity index (χ3n) is 3.55. The molecule has 1 aliphatic rings. The second-order valence-corrected chi connectivity index (χ2v) is 5.19. The summed E-state index contributed by atoms with van der Waals surface area (Å²) in [7, 11) is 0. The molecule has 1 heterocycles. The first-order valence-electron chi connectivity index (χ1n) is 7.07. The van der Waals surface area contributed by atoms with Crippen molar-refractivity contribution >= 4 is 0 Å².